The number of hydroxylamine groups is 1. The molecule has 104 valence electrons. The van der Waals surface area contributed by atoms with Gasteiger partial charge in [-0.25, -0.2) is 9.59 Å². The fourth-order valence-corrected chi connectivity index (χ4v) is 1.18. The summed E-state index contributed by atoms with van der Waals surface area (Å²) in [6.07, 6.45) is -2.15. The van der Waals surface area contributed by atoms with Crippen molar-refractivity contribution in [3.05, 3.63) is 35.9 Å². The Bertz CT molecular complexity index is 408. The molecule has 0 bridgehead atoms. The van der Waals surface area contributed by atoms with E-state index in [1.165, 1.54) is 7.11 Å². The Morgan fingerprint density at radius 3 is 2.58 bits per heavy atom. The van der Waals surface area contributed by atoms with Crippen molar-refractivity contribution in [3.63, 3.8) is 0 Å². The molecule has 0 aromatic heterocycles. The number of benzene rings is 1. The minimum Gasteiger partial charge on any atom is -0.479 e. The number of carboxylic acids is 1. The molecule has 7 heteroatoms. The van der Waals surface area contributed by atoms with Gasteiger partial charge in [0.25, 0.3) is 0 Å². The lowest BCUT2D eigenvalue weighted by molar-refractivity contribution is -0.158. The van der Waals surface area contributed by atoms with Gasteiger partial charge in [0.1, 0.15) is 6.61 Å². The van der Waals surface area contributed by atoms with Crippen molar-refractivity contribution < 1.29 is 29.0 Å². The first kappa shape index (κ1) is 14.9. The van der Waals surface area contributed by atoms with Crippen LogP contribution in [0.15, 0.2) is 30.3 Å². The average Bonchev–Trinajstić information content (AvgIpc) is 2.42. The number of carbonyl (C=O) groups is 2. The Labute approximate surface area is 110 Å². The predicted octanol–water partition coefficient (Wildman–Crippen LogP) is 0.944. The van der Waals surface area contributed by atoms with Gasteiger partial charge in [0.15, 0.2) is 0 Å². The van der Waals surface area contributed by atoms with Crippen molar-refractivity contribution in [1.82, 2.24) is 5.48 Å². The van der Waals surface area contributed by atoms with E-state index >= 15 is 0 Å². The number of rotatable bonds is 7. The maximum atomic E-state index is 11.3. The molecule has 19 heavy (non-hydrogen) atoms. The number of aliphatic carboxylic acids is 1. The van der Waals surface area contributed by atoms with Crippen molar-refractivity contribution in [1.29, 1.82) is 0 Å². The molecule has 0 saturated heterocycles. The van der Waals surface area contributed by atoms with Crippen LogP contribution in [0.25, 0.3) is 0 Å². The largest absolute Gasteiger partial charge is 0.479 e. The van der Waals surface area contributed by atoms with Crippen LogP contribution < -0.4 is 5.48 Å². The van der Waals surface area contributed by atoms with Crippen molar-refractivity contribution in [2.45, 2.75) is 12.7 Å². The summed E-state index contributed by atoms with van der Waals surface area (Å²) in [6, 6.07) is 9.05. The SMILES string of the molecule is COC[C@H](ONC(=O)OCc1ccccc1)C(=O)O. The summed E-state index contributed by atoms with van der Waals surface area (Å²) in [5, 5.41) is 8.73. The maximum Gasteiger partial charge on any atom is 0.431 e. The Hall–Kier alpha value is -2.12. The van der Waals surface area contributed by atoms with E-state index in [2.05, 4.69) is 9.57 Å². The van der Waals surface area contributed by atoms with Crippen LogP contribution in [0.3, 0.4) is 0 Å². The van der Waals surface area contributed by atoms with Gasteiger partial charge in [0, 0.05) is 7.11 Å². The minimum absolute atomic E-state index is 0.0675. The number of hydrogen-bond donors (Lipinski definition) is 2. The molecule has 0 heterocycles. The van der Waals surface area contributed by atoms with E-state index in [0.717, 1.165) is 5.56 Å². The van der Waals surface area contributed by atoms with Gasteiger partial charge < -0.3 is 14.6 Å². The molecular weight excluding hydrogens is 254 g/mol. The second-order valence-corrected chi connectivity index (χ2v) is 3.56. The molecule has 0 fully saturated rings. The minimum atomic E-state index is -1.28. The predicted molar refractivity (Wildman–Crippen MR) is 64.1 cm³/mol. The Balaban J connectivity index is 2.29. The molecule has 0 saturated carbocycles. The third-order valence-electron chi connectivity index (χ3n) is 2.09. The molecule has 1 amide bonds. The highest BCUT2D eigenvalue weighted by Crippen LogP contribution is 2.00. The fraction of sp³-hybridized carbons (Fsp3) is 0.333. The first-order chi connectivity index (χ1) is 9.13. The second-order valence-electron chi connectivity index (χ2n) is 3.56. The van der Waals surface area contributed by atoms with Crippen LogP contribution in [0.5, 0.6) is 0 Å². The topological polar surface area (TPSA) is 94.1 Å². The summed E-state index contributed by atoms with van der Waals surface area (Å²) in [5.74, 6) is -1.25. The molecule has 1 atom stereocenters. The van der Waals surface area contributed by atoms with Crippen molar-refractivity contribution in [3.8, 4) is 0 Å². The molecule has 1 aromatic carbocycles. The highest BCUT2D eigenvalue weighted by molar-refractivity contribution is 5.73. The van der Waals surface area contributed by atoms with Gasteiger partial charge in [-0.3, -0.25) is 4.84 Å². The van der Waals surface area contributed by atoms with E-state index in [1.54, 1.807) is 12.1 Å². The smallest absolute Gasteiger partial charge is 0.431 e. The van der Waals surface area contributed by atoms with E-state index in [9.17, 15) is 9.59 Å². The zero-order chi connectivity index (χ0) is 14.1. The molecule has 0 aliphatic rings. The van der Waals surface area contributed by atoms with E-state index in [-0.39, 0.29) is 13.2 Å². The molecule has 0 spiro atoms. The van der Waals surface area contributed by atoms with Crippen LogP contribution in [0, 0.1) is 0 Å². The Morgan fingerprint density at radius 1 is 1.32 bits per heavy atom. The van der Waals surface area contributed by atoms with Crippen molar-refractivity contribution >= 4 is 12.1 Å². The van der Waals surface area contributed by atoms with Gasteiger partial charge in [-0.1, -0.05) is 30.3 Å². The van der Waals surface area contributed by atoms with Crippen molar-refractivity contribution in [2.24, 2.45) is 0 Å². The van der Waals surface area contributed by atoms with Gasteiger partial charge in [-0.05, 0) is 5.56 Å². The number of carboxylic acid groups (broad SMARTS) is 1. The molecule has 1 aromatic rings. The summed E-state index contributed by atoms with van der Waals surface area (Å²) in [7, 11) is 1.33. The zero-order valence-electron chi connectivity index (χ0n) is 10.4. The van der Waals surface area contributed by atoms with Crippen molar-refractivity contribution in [2.75, 3.05) is 13.7 Å². The van der Waals surface area contributed by atoms with E-state index in [4.69, 9.17) is 9.84 Å². The van der Waals surface area contributed by atoms with E-state index in [1.807, 2.05) is 23.7 Å². The molecule has 0 aliphatic carbocycles. The van der Waals surface area contributed by atoms with Crippen LogP contribution in [0.1, 0.15) is 5.56 Å². The number of methoxy groups -OCH3 is 1. The van der Waals surface area contributed by atoms with Gasteiger partial charge in [0.2, 0.25) is 6.10 Å². The summed E-state index contributed by atoms with van der Waals surface area (Å²) in [4.78, 5) is 26.6. The molecular formula is C12H15NO6. The first-order valence-corrected chi connectivity index (χ1v) is 5.47. The quantitative estimate of drug-likeness (QED) is 0.715. The molecule has 0 radical (unpaired) electrons. The lowest BCUT2D eigenvalue weighted by Gasteiger charge is -2.12. The van der Waals surface area contributed by atoms with Crippen LogP contribution >= 0.6 is 0 Å². The average molecular weight is 269 g/mol. The molecule has 0 aliphatic heterocycles. The number of nitrogens with one attached hydrogen (secondary N) is 1. The summed E-state index contributed by atoms with van der Waals surface area (Å²) in [6.45, 7) is -0.119. The van der Waals surface area contributed by atoms with E-state index < -0.39 is 18.2 Å². The standard InChI is InChI=1S/C12H15NO6/c1-17-8-10(11(14)15)19-13-12(16)18-7-9-5-3-2-4-6-9/h2-6,10H,7-8H2,1H3,(H,13,16)(H,14,15)/t10-/m0/s1. The van der Waals surface area contributed by atoms with Gasteiger partial charge in [-0.2, -0.15) is 5.48 Å². The van der Waals surface area contributed by atoms with Crippen LogP contribution in [-0.2, 0) is 25.7 Å². The van der Waals surface area contributed by atoms with Gasteiger partial charge >= 0.3 is 12.1 Å². The van der Waals surface area contributed by atoms with E-state index in [0.29, 0.717) is 0 Å². The van der Waals surface area contributed by atoms with Gasteiger partial charge in [-0.15, -0.1) is 0 Å². The summed E-state index contributed by atoms with van der Waals surface area (Å²) < 4.78 is 9.46. The Morgan fingerprint density at radius 2 is 2.00 bits per heavy atom. The summed E-state index contributed by atoms with van der Waals surface area (Å²) >= 11 is 0. The first-order valence-electron chi connectivity index (χ1n) is 5.47. The molecule has 0 unspecified atom stereocenters. The summed E-state index contributed by atoms with van der Waals surface area (Å²) in [5.41, 5.74) is 2.71. The van der Waals surface area contributed by atoms with Gasteiger partial charge in [0.05, 0.1) is 6.61 Å². The molecule has 2 N–H and O–H groups in total. The van der Waals surface area contributed by atoms with Crippen LogP contribution in [-0.4, -0.2) is 37.0 Å². The molecule has 1 rings (SSSR count). The third-order valence-corrected chi connectivity index (χ3v) is 2.09. The maximum absolute atomic E-state index is 11.3. The number of amides is 1. The second kappa shape index (κ2) is 8.06. The zero-order valence-corrected chi connectivity index (χ0v) is 10.4. The molecule has 7 nitrogen and oxygen atoms in total. The van der Waals surface area contributed by atoms with Crippen LogP contribution in [0.2, 0.25) is 0 Å². The third kappa shape index (κ3) is 5.84. The normalized spacial score (nSPS) is 11.6. The lowest BCUT2D eigenvalue weighted by atomic mass is 10.2. The highest BCUT2D eigenvalue weighted by atomic mass is 16.7. The number of carbonyl (C=O) groups excluding carboxylic acids is 1. The number of hydrogen-bond acceptors (Lipinski definition) is 5. The number of ether oxygens (including phenoxy) is 2. The van der Waals surface area contributed by atoms with Crippen LogP contribution in [0.4, 0.5) is 4.79 Å². The monoisotopic (exact) mass is 269 g/mol. The lowest BCUT2D eigenvalue weighted by Crippen LogP contribution is -2.37. The fourth-order valence-electron chi connectivity index (χ4n) is 1.18. The Kier molecular flexibility index (Phi) is 6.34. The highest BCUT2D eigenvalue weighted by Gasteiger charge is 2.19.